The number of halogens is 2. The van der Waals surface area contributed by atoms with E-state index in [1.807, 2.05) is 0 Å². The Morgan fingerprint density at radius 1 is 1.38 bits per heavy atom. The minimum Gasteiger partial charge on any atom is -0.495 e. The molecule has 0 bridgehead atoms. The van der Waals surface area contributed by atoms with Crippen molar-refractivity contribution in [3.63, 3.8) is 0 Å². The van der Waals surface area contributed by atoms with Crippen molar-refractivity contribution in [1.82, 2.24) is 5.32 Å². The lowest BCUT2D eigenvalue weighted by Crippen LogP contribution is -2.28. The Bertz CT molecular complexity index is 403. The maximum Gasteiger partial charge on any atom is 0.139 e. The summed E-state index contributed by atoms with van der Waals surface area (Å²) in [6, 6.07) is 3.49. The van der Waals surface area contributed by atoms with Gasteiger partial charge in [0.2, 0.25) is 0 Å². The van der Waals surface area contributed by atoms with Crippen molar-refractivity contribution in [2.45, 2.75) is 12.0 Å². The van der Waals surface area contributed by atoms with Crippen molar-refractivity contribution in [1.29, 1.82) is 0 Å². The summed E-state index contributed by atoms with van der Waals surface area (Å²) in [7, 11) is 1.53. The Balaban J connectivity index is 2.46. The Morgan fingerprint density at radius 2 is 2.12 bits per heavy atom. The lowest BCUT2D eigenvalue weighted by molar-refractivity contribution is 0.0588. The van der Waals surface area contributed by atoms with E-state index in [4.69, 9.17) is 27.9 Å². The van der Waals surface area contributed by atoms with E-state index >= 15 is 0 Å². The predicted molar refractivity (Wildman–Crippen MR) is 64.4 cm³/mol. The van der Waals surface area contributed by atoms with E-state index in [1.54, 1.807) is 12.1 Å². The van der Waals surface area contributed by atoms with E-state index in [9.17, 15) is 5.11 Å². The highest BCUT2D eigenvalue weighted by Gasteiger charge is 2.35. The molecule has 1 aliphatic rings. The van der Waals surface area contributed by atoms with Crippen LogP contribution in [0.5, 0.6) is 5.75 Å². The van der Waals surface area contributed by atoms with E-state index in [0.29, 0.717) is 34.3 Å². The standard InChI is InChI=1S/C11H13Cl2NO2/c1-16-8-3-2-7(9(12)10(8)13)11(15)4-5-14-6-11/h2-3,14-15H,4-6H2,1H3. The van der Waals surface area contributed by atoms with Crippen LogP contribution in [0.4, 0.5) is 0 Å². The van der Waals surface area contributed by atoms with Crippen molar-refractivity contribution >= 4 is 23.2 Å². The molecule has 0 spiro atoms. The second-order valence-electron chi connectivity index (χ2n) is 3.90. The average molecular weight is 262 g/mol. The third kappa shape index (κ3) is 1.89. The summed E-state index contributed by atoms with van der Waals surface area (Å²) in [5.74, 6) is 0.518. The Morgan fingerprint density at radius 3 is 2.69 bits per heavy atom. The molecule has 88 valence electrons. The van der Waals surface area contributed by atoms with Crippen LogP contribution in [0.15, 0.2) is 12.1 Å². The van der Waals surface area contributed by atoms with Crippen LogP contribution in [0, 0.1) is 0 Å². The average Bonchev–Trinajstić information content (AvgIpc) is 2.70. The molecule has 16 heavy (non-hydrogen) atoms. The number of methoxy groups -OCH3 is 1. The van der Waals surface area contributed by atoms with Gasteiger partial charge in [0.1, 0.15) is 16.4 Å². The van der Waals surface area contributed by atoms with Crippen molar-refractivity contribution in [3.05, 3.63) is 27.7 Å². The molecule has 2 N–H and O–H groups in total. The number of ether oxygens (including phenoxy) is 1. The third-order valence-corrected chi connectivity index (χ3v) is 3.77. The predicted octanol–water partition coefficient (Wildman–Crippen LogP) is 2.18. The fourth-order valence-corrected chi connectivity index (χ4v) is 2.53. The molecule has 3 nitrogen and oxygen atoms in total. The number of rotatable bonds is 2. The molecule has 5 heteroatoms. The molecule has 0 radical (unpaired) electrons. The highest BCUT2D eigenvalue weighted by molar-refractivity contribution is 6.43. The smallest absolute Gasteiger partial charge is 0.139 e. The van der Waals surface area contributed by atoms with Gasteiger partial charge < -0.3 is 15.2 Å². The van der Waals surface area contributed by atoms with Gasteiger partial charge in [-0.25, -0.2) is 0 Å². The van der Waals surface area contributed by atoms with E-state index < -0.39 is 5.60 Å². The van der Waals surface area contributed by atoms with E-state index in [0.717, 1.165) is 6.54 Å². The molecule has 1 atom stereocenters. The van der Waals surface area contributed by atoms with Gasteiger partial charge in [-0.15, -0.1) is 0 Å². The first kappa shape index (κ1) is 12.0. The van der Waals surface area contributed by atoms with Crippen LogP contribution < -0.4 is 10.1 Å². The maximum atomic E-state index is 10.4. The van der Waals surface area contributed by atoms with Gasteiger partial charge in [0.05, 0.1) is 12.1 Å². The number of benzene rings is 1. The van der Waals surface area contributed by atoms with E-state index in [-0.39, 0.29) is 0 Å². The summed E-state index contributed by atoms with van der Waals surface area (Å²) in [5, 5.41) is 14.2. The monoisotopic (exact) mass is 261 g/mol. The molecule has 1 aromatic carbocycles. The molecule has 1 saturated heterocycles. The van der Waals surface area contributed by atoms with Crippen LogP contribution in [-0.2, 0) is 5.60 Å². The Kier molecular flexibility index (Phi) is 3.31. The first-order valence-electron chi connectivity index (χ1n) is 5.04. The number of aliphatic hydroxyl groups is 1. The minimum atomic E-state index is -0.924. The zero-order valence-corrected chi connectivity index (χ0v) is 10.4. The molecular formula is C11H13Cl2NO2. The van der Waals surface area contributed by atoms with Crippen molar-refractivity contribution < 1.29 is 9.84 Å². The number of hydrogen-bond acceptors (Lipinski definition) is 3. The largest absolute Gasteiger partial charge is 0.495 e. The first-order valence-corrected chi connectivity index (χ1v) is 5.79. The zero-order valence-electron chi connectivity index (χ0n) is 8.89. The van der Waals surface area contributed by atoms with Crippen LogP contribution in [0.1, 0.15) is 12.0 Å². The second-order valence-corrected chi connectivity index (χ2v) is 4.66. The third-order valence-electron chi connectivity index (χ3n) is 2.90. The van der Waals surface area contributed by atoms with E-state index in [1.165, 1.54) is 7.11 Å². The Hall–Kier alpha value is -0.480. The van der Waals surface area contributed by atoms with Crippen LogP contribution >= 0.6 is 23.2 Å². The molecule has 0 amide bonds. The minimum absolute atomic E-state index is 0.349. The molecule has 1 unspecified atom stereocenters. The molecule has 0 saturated carbocycles. The molecule has 1 heterocycles. The van der Waals surface area contributed by atoms with Gasteiger partial charge in [0.25, 0.3) is 0 Å². The molecule has 1 fully saturated rings. The number of nitrogens with one attached hydrogen (secondary N) is 1. The van der Waals surface area contributed by atoms with Crippen molar-refractivity contribution in [2.24, 2.45) is 0 Å². The topological polar surface area (TPSA) is 41.5 Å². The van der Waals surface area contributed by atoms with Gasteiger partial charge in [0.15, 0.2) is 0 Å². The molecule has 0 aliphatic carbocycles. The molecule has 1 aromatic rings. The normalized spacial score (nSPS) is 24.8. The van der Waals surface area contributed by atoms with Crippen molar-refractivity contribution in [3.8, 4) is 5.75 Å². The van der Waals surface area contributed by atoms with E-state index in [2.05, 4.69) is 5.32 Å². The molecule has 2 rings (SSSR count). The van der Waals surface area contributed by atoms with Gasteiger partial charge in [-0.2, -0.15) is 0 Å². The van der Waals surface area contributed by atoms with Crippen LogP contribution in [-0.4, -0.2) is 25.3 Å². The van der Waals surface area contributed by atoms with Crippen LogP contribution in [0.25, 0.3) is 0 Å². The SMILES string of the molecule is COc1ccc(C2(O)CCNC2)c(Cl)c1Cl. The first-order chi connectivity index (χ1) is 7.58. The van der Waals surface area contributed by atoms with Crippen LogP contribution in [0.3, 0.4) is 0 Å². The highest BCUT2D eigenvalue weighted by Crippen LogP contribution is 2.40. The van der Waals surface area contributed by atoms with Gasteiger partial charge >= 0.3 is 0 Å². The highest BCUT2D eigenvalue weighted by atomic mass is 35.5. The fraction of sp³-hybridized carbons (Fsp3) is 0.455. The molecule has 0 aromatic heterocycles. The lowest BCUT2D eigenvalue weighted by Gasteiger charge is -2.24. The summed E-state index contributed by atoms with van der Waals surface area (Å²) >= 11 is 12.2. The lowest BCUT2D eigenvalue weighted by atomic mass is 9.93. The van der Waals surface area contributed by atoms with Gasteiger partial charge in [0, 0.05) is 12.1 Å². The number of β-amino-alcohol motifs (C(OH)–C–C–N with tert-alkyl or cyclic N) is 1. The van der Waals surface area contributed by atoms with Gasteiger partial charge in [-0.05, 0) is 19.0 Å². The zero-order chi connectivity index (χ0) is 11.8. The molecule has 1 aliphatic heterocycles. The van der Waals surface area contributed by atoms with Gasteiger partial charge in [-0.1, -0.05) is 29.3 Å². The Labute approximate surface area is 104 Å². The summed E-state index contributed by atoms with van der Waals surface area (Å²) < 4.78 is 5.06. The summed E-state index contributed by atoms with van der Waals surface area (Å²) in [4.78, 5) is 0. The van der Waals surface area contributed by atoms with Crippen molar-refractivity contribution in [2.75, 3.05) is 20.2 Å². The maximum absolute atomic E-state index is 10.4. The second kappa shape index (κ2) is 4.41. The fourth-order valence-electron chi connectivity index (χ4n) is 1.96. The van der Waals surface area contributed by atoms with Crippen LogP contribution in [0.2, 0.25) is 10.0 Å². The summed E-state index contributed by atoms with van der Waals surface area (Å²) in [6.45, 7) is 1.27. The quantitative estimate of drug-likeness (QED) is 0.858. The van der Waals surface area contributed by atoms with Gasteiger partial charge in [-0.3, -0.25) is 0 Å². The summed E-state index contributed by atoms with van der Waals surface area (Å²) in [5.41, 5.74) is -0.266. The number of hydrogen-bond donors (Lipinski definition) is 2. The summed E-state index contributed by atoms with van der Waals surface area (Å²) in [6.07, 6.45) is 0.634. The molecular weight excluding hydrogens is 249 g/mol.